The van der Waals surface area contributed by atoms with E-state index in [-0.39, 0.29) is 5.56 Å². The van der Waals surface area contributed by atoms with E-state index in [1.54, 1.807) is 6.07 Å². The second-order valence-electron chi connectivity index (χ2n) is 9.20. The third kappa shape index (κ3) is 2.78. The highest BCUT2D eigenvalue weighted by atomic mass is 19.1. The lowest BCUT2D eigenvalue weighted by molar-refractivity contribution is -0.660. The predicted molar refractivity (Wildman–Crippen MR) is 138 cm³/mol. The highest BCUT2D eigenvalue weighted by molar-refractivity contribution is 6.11. The van der Waals surface area contributed by atoms with Gasteiger partial charge in [-0.3, -0.25) is 0 Å². The van der Waals surface area contributed by atoms with E-state index in [2.05, 4.69) is 23.6 Å². The van der Waals surface area contributed by atoms with E-state index in [0.29, 0.717) is 11.2 Å². The summed E-state index contributed by atoms with van der Waals surface area (Å²) in [5.41, 5.74) is 7.92. The summed E-state index contributed by atoms with van der Waals surface area (Å²) in [6.07, 6.45) is 2.01. The SMILES string of the molecule is [2H]C1(c2c(F)ccc3c2oc2c(-c4cccc[n+]4C)c(C)ccc23)c2ccccc2-c2ccccc21. The molecule has 7 rings (SSSR count). The summed E-state index contributed by atoms with van der Waals surface area (Å²) in [5.74, 6) is -1.87. The van der Waals surface area contributed by atoms with Gasteiger partial charge in [0, 0.05) is 35.7 Å². The fourth-order valence-corrected chi connectivity index (χ4v) is 5.60. The van der Waals surface area contributed by atoms with Crippen LogP contribution in [0, 0.1) is 12.7 Å². The van der Waals surface area contributed by atoms with Crippen LogP contribution in [0.5, 0.6) is 0 Å². The first kappa shape index (κ1) is 19.1. The average molecular weight is 458 g/mol. The zero-order valence-electron chi connectivity index (χ0n) is 20.5. The molecule has 0 radical (unpaired) electrons. The summed E-state index contributed by atoms with van der Waals surface area (Å²) in [6.45, 7) is 2.06. The minimum absolute atomic E-state index is 0.259. The topological polar surface area (TPSA) is 17.0 Å². The second-order valence-corrected chi connectivity index (χ2v) is 9.20. The lowest BCUT2D eigenvalue weighted by atomic mass is 9.88. The van der Waals surface area contributed by atoms with Crippen LogP contribution < -0.4 is 4.57 Å². The Morgan fingerprint density at radius 3 is 2.11 bits per heavy atom. The lowest BCUT2D eigenvalue weighted by Gasteiger charge is -2.15. The van der Waals surface area contributed by atoms with Gasteiger partial charge in [0.25, 0.3) is 0 Å². The first-order valence-corrected chi connectivity index (χ1v) is 11.8. The maximum Gasteiger partial charge on any atom is 0.216 e. The van der Waals surface area contributed by atoms with Crippen molar-refractivity contribution in [3.63, 3.8) is 0 Å². The highest BCUT2D eigenvalue weighted by Gasteiger charge is 2.34. The predicted octanol–water partition coefficient (Wildman–Crippen LogP) is 7.69. The van der Waals surface area contributed by atoms with E-state index in [1.165, 1.54) is 6.07 Å². The van der Waals surface area contributed by atoms with Crippen LogP contribution in [0.4, 0.5) is 4.39 Å². The number of nitrogens with zero attached hydrogens (tertiary/aromatic N) is 1. The molecule has 3 heteroatoms. The van der Waals surface area contributed by atoms with Crippen LogP contribution in [-0.4, -0.2) is 0 Å². The van der Waals surface area contributed by atoms with Crippen LogP contribution in [0.25, 0.3) is 44.3 Å². The van der Waals surface area contributed by atoms with Gasteiger partial charge in [0.05, 0.1) is 5.56 Å². The Labute approximate surface area is 204 Å². The van der Waals surface area contributed by atoms with Gasteiger partial charge in [-0.1, -0.05) is 60.7 Å². The number of aryl methyl sites for hydroxylation is 2. The van der Waals surface area contributed by atoms with Gasteiger partial charge < -0.3 is 4.42 Å². The number of hydrogen-bond acceptors (Lipinski definition) is 1. The van der Waals surface area contributed by atoms with Crippen LogP contribution in [0.15, 0.2) is 102 Å². The van der Waals surface area contributed by atoms with Gasteiger partial charge in [-0.05, 0) is 52.9 Å². The Bertz CT molecular complexity index is 1810. The molecule has 0 atom stereocenters. The van der Waals surface area contributed by atoms with Crippen molar-refractivity contribution in [2.75, 3.05) is 0 Å². The van der Waals surface area contributed by atoms with Crippen molar-refractivity contribution >= 4 is 21.9 Å². The number of aromatic nitrogens is 1. The molecule has 0 amide bonds. The third-order valence-corrected chi connectivity index (χ3v) is 7.21. The maximum atomic E-state index is 15.9. The summed E-state index contributed by atoms with van der Waals surface area (Å²) in [7, 11) is 2.01. The maximum absolute atomic E-state index is 15.9. The molecule has 0 bridgehead atoms. The first-order chi connectivity index (χ1) is 17.5. The molecule has 35 heavy (non-hydrogen) atoms. The number of hydrogen-bond donors (Lipinski definition) is 0. The van der Waals surface area contributed by atoms with Gasteiger partial charge in [-0.25, -0.2) is 8.96 Å². The molecule has 6 aromatic rings. The van der Waals surface area contributed by atoms with Gasteiger partial charge in [-0.15, -0.1) is 0 Å². The Morgan fingerprint density at radius 1 is 0.771 bits per heavy atom. The zero-order valence-corrected chi connectivity index (χ0v) is 19.5. The number of fused-ring (bicyclic) bond motifs is 6. The minimum Gasteiger partial charge on any atom is -0.455 e. The summed E-state index contributed by atoms with van der Waals surface area (Å²) in [4.78, 5) is 0. The molecule has 0 saturated heterocycles. The monoisotopic (exact) mass is 457 g/mol. The van der Waals surface area contributed by atoms with Crippen LogP contribution in [0.3, 0.4) is 0 Å². The van der Waals surface area contributed by atoms with E-state index in [1.807, 2.05) is 80.0 Å². The van der Waals surface area contributed by atoms with Crippen LogP contribution in [0.2, 0.25) is 0 Å². The molecule has 0 N–H and O–H groups in total. The van der Waals surface area contributed by atoms with Crippen molar-refractivity contribution in [3.8, 4) is 22.4 Å². The Balaban J connectivity index is 1.62. The van der Waals surface area contributed by atoms with E-state index >= 15 is 4.39 Å². The van der Waals surface area contributed by atoms with Gasteiger partial charge >= 0.3 is 0 Å². The Kier molecular flexibility index (Phi) is 4.03. The molecule has 0 saturated carbocycles. The molecule has 2 aromatic heterocycles. The largest absolute Gasteiger partial charge is 0.455 e. The van der Waals surface area contributed by atoms with E-state index < -0.39 is 11.7 Å². The lowest BCUT2D eigenvalue weighted by Crippen LogP contribution is -2.30. The van der Waals surface area contributed by atoms with Gasteiger partial charge in [0.2, 0.25) is 5.69 Å². The minimum atomic E-state index is -1.43. The molecule has 1 aliphatic rings. The first-order valence-electron chi connectivity index (χ1n) is 12.3. The summed E-state index contributed by atoms with van der Waals surface area (Å²) >= 11 is 0. The van der Waals surface area contributed by atoms with Crippen LogP contribution >= 0.6 is 0 Å². The number of benzene rings is 4. The quantitative estimate of drug-likeness (QED) is 0.244. The summed E-state index contributed by atoms with van der Waals surface area (Å²) in [5, 5.41) is 1.73. The van der Waals surface area contributed by atoms with Crippen molar-refractivity contribution in [3.05, 3.63) is 125 Å². The zero-order chi connectivity index (χ0) is 24.6. The van der Waals surface area contributed by atoms with E-state index in [0.717, 1.165) is 49.8 Å². The third-order valence-electron chi connectivity index (χ3n) is 7.21. The van der Waals surface area contributed by atoms with Crippen LogP contribution in [-0.2, 0) is 7.05 Å². The molecule has 2 nitrogen and oxygen atoms in total. The van der Waals surface area contributed by atoms with Gasteiger partial charge in [-0.2, -0.15) is 0 Å². The molecule has 4 aromatic carbocycles. The Hall–Kier alpha value is -4.24. The molecule has 0 aliphatic heterocycles. The van der Waals surface area contributed by atoms with Crippen molar-refractivity contribution in [2.24, 2.45) is 7.05 Å². The molecular formula is C32H23FNO+. The molecule has 1 aliphatic carbocycles. The van der Waals surface area contributed by atoms with E-state index in [4.69, 9.17) is 4.42 Å². The van der Waals surface area contributed by atoms with Crippen molar-refractivity contribution in [2.45, 2.75) is 12.8 Å². The molecule has 0 fully saturated rings. The summed E-state index contributed by atoms with van der Waals surface area (Å²) < 4.78 is 34.5. The second kappa shape index (κ2) is 7.38. The van der Waals surface area contributed by atoms with Crippen LogP contribution in [0.1, 0.15) is 29.5 Å². The molecular weight excluding hydrogens is 433 g/mol. The van der Waals surface area contributed by atoms with E-state index in [9.17, 15) is 1.37 Å². The molecule has 0 spiro atoms. The average Bonchev–Trinajstić information content (AvgIpc) is 3.38. The molecule has 0 unspecified atom stereocenters. The smallest absolute Gasteiger partial charge is 0.216 e. The number of rotatable bonds is 2. The van der Waals surface area contributed by atoms with Gasteiger partial charge in [0.15, 0.2) is 6.20 Å². The van der Waals surface area contributed by atoms with Crippen molar-refractivity contribution in [1.82, 2.24) is 0 Å². The standard InChI is InChI=1S/C32H23FNO/c1-19-14-15-24-25-16-17-26(33)30(32(25)35-31(24)28(19)27-13-7-8-18-34(27)2)29-22-11-5-3-9-20(22)21-10-4-6-12-23(21)29/h3-18,29H,1-2H3/q+1/i29D. The van der Waals surface area contributed by atoms with Crippen molar-refractivity contribution in [1.29, 1.82) is 0 Å². The fraction of sp³-hybridized carbons (Fsp3) is 0.0938. The van der Waals surface area contributed by atoms with Gasteiger partial charge in [0.1, 0.15) is 24.0 Å². The number of pyridine rings is 1. The number of furan rings is 1. The van der Waals surface area contributed by atoms with Crippen molar-refractivity contribution < 1.29 is 14.7 Å². The number of halogens is 1. The summed E-state index contributed by atoms with van der Waals surface area (Å²) in [6, 6.07) is 29.1. The fourth-order valence-electron chi connectivity index (χ4n) is 5.60. The molecule has 168 valence electrons. The Morgan fingerprint density at radius 2 is 1.40 bits per heavy atom. The normalized spacial score (nSPS) is 14.2. The highest BCUT2D eigenvalue weighted by Crippen LogP contribution is 2.51. The molecule has 2 heterocycles.